The Morgan fingerprint density at radius 2 is 2.08 bits per heavy atom. The van der Waals surface area contributed by atoms with Gasteiger partial charge in [0.05, 0.1) is 11.6 Å². The maximum absolute atomic E-state index is 12.5. The number of benzene rings is 2. The van der Waals surface area contributed by atoms with Crippen molar-refractivity contribution in [3.63, 3.8) is 0 Å². The Kier molecular flexibility index (Phi) is 5.02. The van der Waals surface area contributed by atoms with Crippen LogP contribution in [-0.4, -0.2) is 37.8 Å². The molecule has 2 aromatic rings. The summed E-state index contributed by atoms with van der Waals surface area (Å²) in [7, 11) is 1.70. The van der Waals surface area contributed by atoms with Gasteiger partial charge in [-0.05, 0) is 30.3 Å². The second kappa shape index (κ2) is 7.20. The van der Waals surface area contributed by atoms with Crippen LogP contribution in [0, 0.1) is 0 Å². The fourth-order valence-corrected chi connectivity index (χ4v) is 2.72. The molecule has 0 bridgehead atoms. The monoisotopic (exact) mass is 367 g/mol. The first-order valence-electron chi connectivity index (χ1n) is 7.27. The van der Waals surface area contributed by atoms with E-state index in [1.807, 2.05) is 6.07 Å². The van der Waals surface area contributed by atoms with Crippen molar-refractivity contribution in [2.75, 3.05) is 27.0 Å². The minimum atomic E-state index is -0.176. The molecule has 0 unspecified atom stereocenters. The van der Waals surface area contributed by atoms with Crippen LogP contribution >= 0.6 is 23.2 Å². The quantitative estimate of drug-likeness (QED) is 0.804. The average molecular weight is 368 g/mol. The van der Waals surface area contributed by atoms with Crippen LogP contribution in [0.15, 0.2) is 36.4 Å². The molecule has 1 amide bonds. The van der Waals surface area contributed by atoms with Gasteiger partial charge in [-0.1, -0.05) is 29.3 Å². The molecular weight excluding hydrogens is 353 g/mol. The molecule has 0 radical (unpaired) electrons. The number of amides is 1. The number of ether oxygens (including phenoxy) is 3. The molecule has 1 aliphatic heterocycles. The standard InChI is InChI=1S/C17H15Cl2NO4/c1-20(5-6-22-13-4-2-3-12(18)9-13)17(21)11-7-14(19)16-15(8-11)23-10-24-16/h2-4,7-9H,5-6,10H2,1H3. The molecule has 0 spiro atoms. The average Bonchev–Trinajstić information content (AvgIpc) is 3.03. The highest BCUT2D eigenvalue weighted by atomic mass is 35.5. The number of likely N-dealkylation sites (N-methyl/N-ethyl adjacent to an activating group) is 1. The normalized spacial score (nSPS) is 12.1. The van der Waals surface area contributed by atoms with E-state index in [1.165, 1.54) is 0 Å². The minimum Gasteiger partial charge on any atom is -0.492 e. The van der Waals surface area contributed by atoms with Gasteiger partial charge in [0.15, 0.2) is 11.5 Å². The molecule has 0 aromatic heterocycles. The molecule has 2 aromatic carbocycles. The van der Waals surface area contributed by atoms with Crippen molar-refractivity contribution in [3.05, 3.63) is 52.0 Å². The van der Waals surface area contributed by atoms with Crippen LogP contribution in [0.4, 0.5) is 0 Å². The number of rotatable bonds is 5. The van der Waals surface area contributed by atoms with Gasteiger partial charge in [-0.2, -0.15) is 0 Å². The van der Waals surface area contributed by atoms with E-state index < -0.39 is 0 Å². The number of hydrogen-bond acceptors (Lipinski definition) is 4. The Balaban J connectivity index is 1.60. The van der Waals surface area contributed by atoms with Crippen molar-refractivity contribution in [1.29, 1.82) is 0 Å². The third-order valence-electron chi connectivity index (χ3n) is 3.51. The highest BCUT2D eigenvalue weighted by Gasteiger charge is 2.22. The molecule has 0 saturated carbocycles. The predicted octanol–water partition coefficient (Wildman–Crippen LogP) is 3.87. The number of carbonyl (C=O) groups excluding carboxylic acids is 1. The smallest absolute Gasteiger partial charge is 0.253 e. The molecule has 0 fully saturated rings. The SMILES string of the molecule is CN(CCOc1cccc(Cl)c1)C(=O)c1cc(Cl)c2c(c1)OCO2. The Morgan fingerprint density at radius 3 is 2.88 bits per heavy atom. The summed E-state index contributed by atoms with van der Waals surface area (Å²) >= 11 is 12.0. The zero-order valence-electron chi connectivity index (χ0n) is 12.9. The molecule has 1 heterocycles. The second-order valence-electron chi connectivity index (χ2n) is 5.22. The summed E-state index contributed by atoms with van der Waals surface area (Å²) in [5.41, 5.74) is 0.439. The van der Waals surface area contributed by atoms with E-state index in [-0.39, 0.29) is 12.7 Å². The maximum atomic E-state index is 12.5. The molecule has 126 valence electrons. The summed E-state index contributed by atoms with van der Waals surface area (Å²) in [6, 6.07) is 10.3. The van der Waals surface area contributed by atoms with Crippen LogP contribution in [0.1, 0.15) is 10.4 Å². The summed E-state index contributed by atoms with van der Waals surface area (Å²) in [5, 5.41) is 0.962. The molecule has 0 aliphatic carbocycles. The van der Waals surface area contributed by atoms with Gasteiger partial charge in [0.1, 0.15) is 12.4 Å². The van der Waals surface area contributed by atoms with Crippen LogP contribution in [0.5, 0.6) is 17.2 Å². The molecule has 0 atom stereocenters. The van der Waals surface area contributed by atoms with Crippen molar-refractivity contribution in [2.24, 2.45) is 0 Å². The molecule has 24 heavy (non-hydrogen) atoms. The first kappa shape index (κ1) is 16.7. The zero-order valence-corrected chi connectivity index (χ0v) is 14.4. The van der Waals surface area contributed by atoms with Gasteiger partial charge < -0.3 is 19.1 Å². The molecule has 3 rings (SSSR count). The summed E-state index contributed by atoms with van der Waals surface area (Å²) < 4.78 is 16.1. The number of nitrogens with zero attached hydrogens (tertiary/aromatic N) is 1. The van der Waals surface area contributed by atoms with Gasteiger partial charge >= 0.3 is 0 Å². The largest absolute Gasteiger partial charge is 0.492 e. The van der Waals surface area contributed by atoms with E-state index in [4.69, 9.17) is 37.4 Å². The van der Waals surface area contributed by atoms with Crippen LogP contribution < -0.4 is 14.2 Å². The van der Waals surface area contributed by atoms with Gasteiger partial charge in [0.2, 0.25) is 6.79 Å². The van der Waals surface area contributed by atoms with E-state index in [1.54, 1.807) is 42.3 Å². The fraction of sp³-hybridized carbons (Fsp3) is 0.235. The van der Waals surface area contributed by atoms with E-state index in [0.717, 1.165) is 0 Å². The van der Waals surface area contributed by atoms with Crippen molar-refractivity contribution < 1.29 is 19.0 Å². The number of carbonyl (C=O) groups is 1. The first-order valence-corrected chi connectivity index (χ1v) is 8.03. The van der Waals surface area contributed by atoms with Gasteiger partial charge in [-0.15, -0.1) is 0 Å². The van der Waals surface area contributed by atoms with Gasteiger partial charge in [0, 0.05) is 17.6 Å². The summed E-state index contributed by atoms with van der Waals surface area (Å²) in [6.07, 6.45) is 0. The van der Waals surface area contributed by atoms with E-state index in [0.29, 0.717) is 46.0 Å². The Labute approximate surface area is 149 Å². The summed E-state index contributed by atoms with van der Waals surface area (Å²) in [5.74, 6) is 1.44. The van der Waals surface area contributed by atoms with E-state index in [2.05, 4.69) is 0 Å². The summed E-state index contributed by atoms with van der Waals surface area (Å²) in [6.45, 7) is 0.869. The van der Waals surface area contributed by atoms with Crippen molar-refractivity contribution in [2.45, 2.75) is 0 Å². The van der Waals surface area contributed by atoms with Gasteiger partial charge in [-0.3, -0.25) is 4.79 Å². The fourth-order valence-electron chi connectivity index (χ4n) is 2.27. The second-order valence-corrected chi connectivity index (χ2v) is 6.07. The molecule has 7 heteroatoms. The highest BCUT2D eigenvalue weighted by molar-refractivity contribution is 6.32. The predicted molar refractivity (Wildman–Crippen MR) is 91.5 cm³/mol. The Morgan fingerprint density at radius 1 is 1.25 bits per heavy atom. The van der Waals surface area contributed by atoms with Crippen LogP contribution in [0.3, 0.4) is 0 Å². The molecule has 5 nitrogen and oxygen atoms in total. The summed E-state index contributed by atoms with van der Waals surface area (Å²) in [4.78, 5) is 14.0. The van der Waals surface area contributed by atoms with Crippen molar-refractivity contribution in [3.8, 4) is 17.2 Å². The van der Waals surface area contributed by atoms with Crippen LogP contribution in [0.25, 0.3) is 0 Å². The lowest BCUT2D eigenvalue weighted by Crippen LogP contribution is -2.30. The topological polar surface area (TPSA) is 48.0 Å². The highest BCUT2D eigenvalue weighted by Crippen LogP contribution is 2.39. The number of fused-ring (bicyclic) bond motifs is 1. The molecule has 1 aliphatic rings. The Hall–Kier alpha value is -2.11. The minimum absolute atomic E-state index is 0.107. The zero-order chi connectivity index (χ0) is 17.1. The third kappa shape index (κ3) is 3.68. The van der Waals surface area contributed by atoms with Crippen molar-refractivity contribution in [1.82, 2.24) is 4.90 Å². The number of halogens is 2. The molecule has 0 saturated heterocycles. The van der Waals surface area contributed by atoms with Crippen LogP contribution in [0.2, 0.25) is 10.0 Å². The molecular formula is C17H15Cl2NO4. The first-order chi connectivity index (χ1) is 11.5. The number of hydrogen-bond donors (Lipinski definition) is 0. The van der Waals surface area contributed by atoms with E-state index >= 15 is 0 Å². The lowest BCUT2D eigenvalue weighted by atomic mass is 10.2. The van der Waals surface area contributed by atoms with Crippen molar-refractivity contribution >= 4 is 29.1 Å². The Bertz CT molecular complexity index is 766. The van der Waals surface area contributed by atoms with Gasteiger partial charge in [-0.25, -0.2) is 0 Å². The maximum Gasteiger partial charge on any atom is 0.253 e. The van der Waals surface area contributed by atoms with Crippen LogP contribution in [-0.2, 0) is 0 Å². The lowest BCUT2D eigenvalue weighted by Gasteiger charge is -2.18. The lowest BCUT2D eigenvalue weighted by molar-refractivity contribution is 0.0773. The third-order valence-corrected chi connectivity index (χ3v) is 4.03. The van der Waals surface area contributed by atoms with E-state index in [9.17, 15) is 4.79 Å². The molecule has 0 N–H and O–H groups in total. The van der Waals surface area contributed by atoms with Gasteiger partial charge in [0.25, 0.3) is 5.91 Å².